The monoisotopic (exact) mass is 442 g/mol. The van der Waals surface area contributed by atoms with Crippen molar-refractivity contribution < 1.29 is 14.0 Å². The van der Waals surface area contributed by atoms with Crippen LogP contribution >= 0.6 is 15.9 Å². The molecule has 1 aliphatic heterocycles. The van der Waals surface area contributed by atoms with E-state index in [1.165, 1.54) is 12.1 Å². The van der Waals surface area contributed by atoms with E-state index < -0.39 is 0 Å². The van der Waals surface area contributed by atoms with E-state index in [-0.39, 0.29) is 35.3 Å². The van der Waals surface area contributed by atoms with Crippen molar-refractivity contribution in [1.82, 2.24) is 4.98 Å². The largest absolute Gasteiger partial charge is 0.294 e. The number of allylic oxidation sites excluding steroid dienone is 2. The predicted molar refractivity (Wildman–Crippen MR) is 108 cm³/mol. The molecule has 1 atom stereocenters. The van der Waals surface area contributed by atoms with E-state index in [1.54, 1.807) is 29.3 Å². The van der Waals surface area contributed by atoms with Crippen LogP contribution in [-0.2, 0) is 9.59 Å². The average molecular weight is 443 g/mol. The van der Waals surface area contributed by atoms with Crippen LogP contribution in [0.2, 0.25) is 0 Å². The van der Waals surface area contributed by atoms with Crippen molar-refractivity contribution in [1.29, 1.82) is 0 Å². The average Bonchev–Trinajstić information content (AvgIpc) is 2.62. The summed E-state index contributed by atoms with van der Waals surface area (Å²) in [5.74, 6) is -0.220. The lowest BCUT2D eigenvalue weighted by atomic mass is 9.69. The van der Waals surface area contributed by atoms with Crippen molar-refractivity contribution in [3.05, 3.63) is 69.7 Å². The molecule has 0 spiro atoms. The second-order valence-corrected chi connectivity index (χ2v) is 9.09. The molecule has 0 saturated heterocycles. The third-order valence-corrected chi connectivity index (χ3v) is 5.83. The minimum atomic E-state index is -0.349. The topological polar surface area (TPSA) is 50.3 Å². The van der Waals surface area contributed by atoms with Gasteiger partial charge in [-0.25, -0.2) is 9.37 Å². The van der Waals surface area contributed by atoms with Gasteiger partial charge < -0.3 is 0 Å². The molecule has 0 N–H and O–H groups in total. The number of hydrogen-bond acceptors (Lipinski definition) is 3. The van der Waals surface area contributed by atoms with Crippen molar-refractivity contribution in [2.45, 2.75) is 39.0 Å². The normalized spacial score (nSPS) is 21.7. The Hall–Kier alpha value is -2.34. The fourth-order valence-electron chi connectivity index (χ4n) is 4.16. The number of aromatic nitrogens is 1. The highest BCUT2D eigenvalue weighted by atomic mass is 79.9. The molecule has 0 bridgehead atoms. The van der Waals surface area contributed by atoms with Crippen molar-refractivity contribution in [2.75, 3.05) is 4.90 Å². The van der Waals surface area contributed by atoms with Crippen LogP contribution in [-0.4, -0.2) is 16.7 Å². The fraction of sp³-hybridized carbons (Fsp3) is 0.318. The summed E-state index contributed by atoms with van der Waals surface area (Å²) in [6, 6.07) is 9.69. The maximum atomic E-state index is 13.4. The Morgan fingerprint density at radius 1 is 1.11 bits per heavy atom. The predicted octanol–water partition coefficient (Wildman–Crippen LogP) is 5.15. The second kappa shape index (κ2) is 6.92. The number of carbonyl (C=O) groups is 2. The van der Waals surface area contributed by atoms with Gasteiger partial charge in [-0.3, -0.25) is 14.5 Å². The Morgan fingerprint density at radius 2 is 1.82 bits per heavy atom. The number of hydrogen-bond donors (Lipinski definition) is 0. The number of anilines is 1. The zero-order valence-corrected chi connectivity index (χ0v) is 17.3. The van der Waals surface area contributed by atoms with Gasteiger partial charge in [-0.15, -0.1) is 0 Å². The number of benzene rings is 1. The number of amides is 1. The Balaban J connectivity index is 1.88. The van der Waals surface area contributed by atoms with Crippen LogP contribution in [0.3, 0.4) is 0 Å². The lowest BCUT2D eigenvalue weighted by molar-refractivity contribution is -0.121. The van der Waals surface area contributed by atoms with E-state index in [4.69, 9.17) is 0 Å². The second-order valence-electron chi connectivity index (χ2n) is 8.17. The molecule has 2 heterocycles. The van der Waals surface area contributed by atoms with Crippen LogP contribution in [0.4, 0.5) is 10.2 Å². The van der Waals surface area contributed by atoms with Gasteiger partial charge in [-0.2, -0.15) is 0 Å². The third-order valence-electron chi connectivity index (χ3n) is 5.36. The van der Waals surface area contributed by atoms with E-state index >= 15 is 0 Å². The van der Waals surface area contributed by atoms with E-state index in [2.05, 4.69) is 20.9 Å². The van der Waals surface area contributed by atoms with Crippen LogP contribution in [0.5, 0.6) is 0 Å². The smallest absolute Gasteiger partial charge is 0.233 e. The molecule has 0 radical (unpaired) electrons. The van der Waals surface area contributed by atoms with Gasteiger partial charge in [0.1, 0.15) is 11.6 Å². The van der Waals surface area contributed by atoms with Crippen LogP contribution in [0.25, 0.3) is 0 Å². The molecule has 2 aliphatic rings. The van der Waals surface area contributed by atoms with Crippen LogP contribution in [0.15, 0.2) is 58.3 Å². The highest BCUT2D eigenvalue weighted by molar-refractivity contribution is 9.10. The van der Waals surface area contributed by atoms with Crippen molar-refractivity contribution >= 4 is 33.4 Å². The number of rotatable bonds is 2. The highest BCUT2D eigenvalue weighted by Crippen LogP contribution is 2.47. The van der Waals surface area contributed by atoms with Gasteiger partial charge in [-0.05, 0) is 57.6 Å². The van der Waals surface area contributed by atoms with Gasteiger partial charge in [0, 0.05) is 40.7 Å². The number of nitrogens with zero attached hydrogens (tertiary/aromatic N) is 2. The first-order valence-corrected chi connectivity index (χ1v) is 10.0. The van der Waals surface area contributed by atoms with Gasteiger partial charge in [0.2, 0.25) is 5.91 Å². The highest BCUT2D eigenvalue weighted by Gasteiger charge is 2.44. The van der Waals surface area contributed by atoms with E-state index in [9.17, 15) is 14.0 Å². The van der Waals surface area contributed by atoms with Crippen LogP contribution in [0, 0.1) is 11.2 Å². The van der Waals surface area contributed by atoms with Crippen molar-refractivity contribution in [2.24, 2.45) is 5.41 Å². The first-order chi connectivity index (χ1) is 13.2. The lowest BCUT2D eigenvalue weighted by Crippen LogP contribution is -2.44. The molecule has 0 fully saturated rings. The molecule has 1 amide bonds. The molecule has 4 nitrogen and oxygen atoms in total. The molecule has 1 aromatic heterocycles. The zero-order chi connectivity index (χ0) is 20.1. The molecule has 28 heavy (non-hydrogen) atoms. The first kappa shape index (κ1) is 19.0. The lowest BCUT2D eigenvalue weighted by Gasteiger charge is -2.42. The molecular formula is C22H20BrFN2O2. The molecule has 1 aliphatic carbocycles. The molecule has 144 valence electrons. The Bertz CT molecular complexity index is 981. The number of ketones is 1. The minimum Gasteiger partial charge on any atom is -0.294 e. The van der Waals surface area contributed by atoms with Gasteiger partial charge in [-0.1, -0.05) is 26.0 Å². The molecule has 1 unspecified atom stereocenters. The number of carbonyl (C=O) groups excluding carboxylic acids is 2. The molecule has 0 saturated carbocycles. The summed E-state index contributed by atoms with van der Waals surface area (Å²) in [5, 5.41) is 0. The van der Waals surface area contributed by atoms with E-state index in [0.29, 0.717) is 24.2 Å². The summed E-state index contributed by atoms with van der Waals surface area (Å²) in [6.45, 7) is 4.07. The number of Topliss-reactive ketones (excluding diaryl/α,β-unsaturated/α-hetero) is 1. The van der Waals surface area contributed by atoms with Crippen LogP contribution < -0.4 is 4.90 Å². The summed E-state index contributed by atoms with van der Waals surface area (Å²) in [5.41, 5.74) is 1.93. The third kappa shape index (κ3) is 3.41. The minimum absolute atomic E-state index is 0.0511. The van der Waals surface area contributed by atoms with E-state index in [0.717, 1.165) is 15.7 Å². The summed E-state index contributed by atoms with van der Waals surface area (Å²) < 4.78 is 14.2. The number of pyridine rings is 1. The fourth-order valence-corrected chi connectivity index (χ4v) is 4.40. The van der Waals surface area contributed by atoms with Crippen molar-refractivity contribution in [3.8, 4) is 0 Å². The van der Waals surface area contributed by atoms with Gasteiger partial charge in [0.25, 0.3) is 0 Å². The van der Waals surface area contributed by atoms with Gasteiger partial charge in [0.15, 0.2) is 5.78 Å². The summed E-state index contributed by atoms with van der Waals surface area (Å²) in [7, 11) is 0. The first-order valence-electron chi connectivity index (χ1n) is 9.21. The maximum Gasteiger partial charge on any atom is 0.233 e. The quantitative estimate of drug-likeness (QED) is 0.646. The molecular weight excluding hydrogens is 423 g/mol. The van der Waals surface area contributed by atoms with E-state index in [1.807, 2.05) is 19.9 Å². The summed E-state index contributed by atoms with van der Waals surface area (Å²) in [4.78, 5) is 32.3. The SMILES string of the molecule is CC1(C)CC(=O)C2=C(C1)N(c1ccc(Br)cn1)C(=O)CC2c1ccc(F)cc1. The van der Waals surface area contributed by atoms with Crippen molar-refractivity contribution in [3.63, 3.8) is 0 Å². The molecule has 2 aromatic rings. The number of halogens is 2. The maximum absolute atomic E-state index is 13.4. The van der Waals surface area contributed by atoms with Crippen LogP contribution in [0.1, 0.15) is 44.6 Å². The van der Waals surface area contributed by atoms with Gasteiger partial charge >= 0.3 is 0 Å². The van der Waals surface area contributed by atoms with Gasteiger partial charge in [0.05, 0.1) is 0 Å². The Labute approximate surface area is 171 Å². The standard InChI is InChI=1S/C22H20BrFN2O2/c1-22(2)10-17-21(18(27)11-22)16(13-3-6-15(24)7-4-13)9-20(28)26(17)19-8-5-14(23)12-25-19/h3-8,12,16H,9-11H2,1-2H3. The summed E-state index contributed by atoms with van der Waals surface area (Å²) in [6.07, 6.45) is 2.84. The summed E-state index contributed by atoms with van der Waals surface area (Å²) >= 11 is 3.36. The molecule has 1 aromatic carbocycles. The molecule has 4 rings (SSSR count). The Morgan fingerprint density at radius 3 is 2.46 bits per heavy atom. The Kier molecular flexibility index (Phi) is 4.70. The zero-order valence-electron chi connectivity index (χ0n) is 15.7. The molecule has 6 heteroatoms.